The summed E-state index contributed by atoms with van der Waals surface area (Å²) in [7, 11) is -4.42. The average Bonchev–Trinajstić information content (AvgIpc) is 2.92. The van der Waals surface area contributed by atoms with E-state index >= 15 is 0 Å². The Balaban J connectivity index is 2.23. The first-order valence-corrected chi connectivity index (χ1v) is 10.1. The van der Waals surface area contributed by atoms with Crippen molar-refractivity contribution in [1.29, 1.82) is 0 Å². The van der Waals surface area contributed by atoms with Crippen molar-refractivity contribution in [3.63, 3.8) is 0 Å². The SMILES string of the molecule is NS(=O)(=O)c1cc(F)c(C2=C(c3ccc(Br)c(Br)c3)C(=O)OC2)cc1F. The van der Waals surface area contributed by atoms with Gasteiger partial charge in [0.25, 0.3) is 0 Å². The zero-order valence-corrected chi connectivity index (χ0v) is 16.7. The van der Waals surface area contributed by atoms with Crippen molar-refractivity contribution < 1.29 is 26.7 Å². The van der Waals surface area contributed by atoms with Gasteiger partial charge in [0, 0.05) is 20.1 Å². The molecule has 5 nitrogen and oxygen atoms in total. The molecule has 1 aliphatic heterocycles. The monoisotopic (exact) mass is 507 g/mol. The number of nitrogens with two attached hydrogens (primary N) is 1. The molecule has 0 bridgehead atoms. The van der Waals surface area contributed by atoms with E-state index in [-0.39, 0.29) is 23.3 Å². The van der Waals surface area contributed by atoms with Crippen molar-refractivity contribution in [2.45, 2.75) is 4.90 Å². The largest absolute Gasteiger partial charge is 0.457 e. The van der Waals surface area contributed by atoms with Crippen molar-refractivity contribution in [3.05, 3.63) is 62.0 Å². The van der Waals surface area contributed by atoms with Crippen LogP contribution in [0.25, 0.3) is 11.1 Å². The first-order chi connectivity index (χ1) is 12.1. The van der Waals surface area contributed by atoms with Gasteiger partial charge in [-0.05, 0) is 61.7 Å². The van der Waals surface area contributed by atoms with Crippen molar-refractivity contribution in [2.75, 3.05) is 6.61 Å². The number of sulfonamides is 1. The van der Waals surface area contributed by atoms with Crippen LogP contribution in [0.15, 0.2) is 44.2 Å². The molecule has 0 saturated heterocycles. The van der Waals surface area contributed by atoms with Crippen LogP contribution in [0.2, 0.25) is 0 Å². The molecule has 1 heterocycles. The zero-order chi connectivity index (χ0) is 19.2. The van der Waals surface area contributed by atoms with Gasteiger partial charge in [0.05, 0.1) is 5.57 Å². The van der Waals surface area contributed by atoms with Gasteiger partial charge in [-0.1, -0.05) is 6.07 Å². The molecule has 0 radical (unpaired) electrons. The molecule has 1 aliphatic rings. The van der Waals surface area contributed by atoms with E-state index in [4.69, 9.17) is 9.88 Å². The summed E-state index contributed by atoms with van der Waals surface area (Å²) in [6.07, 6.45) is 0. The highest BCUT2D eigenvalue weighted by Crippen LogP contribution is 2.37. The van der Waals surface area contributed by atoms with Gasteiger partial charge in [0.2, 0.25) is 10.0 Å². The van der Waals surface area contributed by atoms with Gasteiger partial charge >= 0.3 is 5.97 Å². The lowest BCUT2D eigenvalue weighted by Crippen LogP contribution is -2.15. The van der Waals surface area contributed by atoms with Crippen LogP contribution in [-0.2, 0) is 19.6 Å². The third-order valence-electron chi connectivity index (χ3n) is 3.71. The third-order valence-corrected chi connectivity index (χ3v) is 6.52. The van der Waals surface area contributed by atoms with Crippen LogP contribution in [0.3, 0.4) is 0 Å². The van der Waals surface area contributed by atoms with E-state index in [0.29, 0.717) is 22.2 Å². The smallest absolute Gasteiger partial charge is 0.339 e. The van der Waals surface area contributed by atoms with Crippen molar-refractivity contribution in [1.82, 2.24) is 0 Å². The molecule has 10 heteroatoms. The summed E-state index contributed by atoms with van der Waals surface area (Å²) in [6.45, 7) is -0.271. The fourth-order valence-electron chi connectivity index (χ4n) is 2.54. The van der Waals surface area contributed by atoms with E-state index < -0.39 is 32.5 Å². The lowest BCUT2D eigenvalue weighted by Gasteiger charge is -2.09. The van der Waals surface area contributed by atoms with Gasteiger partial charge < -0.3 is 4.74 Å². The number of carbonyl (C=O) groups excluding carboxylic acids is 1. The second kappa shape index (κ2) is 6.84. The molecule has 0 atom stereocenters. The Labute approximate surface area is 164 Å². The number of rotatable bonds is 3. The number of carbonyl (C=O) groups is 1. The summed E-state index contributed by atoms with van der Waals surface area (Å²) in [5, 5.41) is 4.87. The second-order valence-electron chi connectivity index (χ2n) is 5.37. The molecule has 0 unspecified atom stereocenters. The van der Waals surface area contributed by atoms with Gasteiger partial charge in [-0.2, -0.15) is 0 Å². The summed E-state index contributed by atoms with van der Waals surface area (Å²) in [4.78, 5) is 11.2. The lowest BCUT2D eigenvalue weighted by molar-refractivity contribution is -0.133. The molecule has 0 fully saturated rings. The highest BCUT2D eigenvalue weighted by Gasteiger charge is 2.30. The average molecular weight is 509 g/mol. The molecule has 3 rings (SSSR count). The van der Waals surface area contributed by atoms with Crippen LogP contribution < -0.4 is 5.14 Å². The van der Waals surface area contributed by atoms with E-state index in [0.717, 1.165) is 4.47 Å². The summed E-state index contributed by atoms with van der Waals surface area (Å²) < 4.78 is 57.6. The molecule has 0 amide bonds. The number of benzene rings is 2. The summed E-state index contributed by atoms with van der Waals surface area (Å²) >= 11 is 6.61. The predicted molar refractivity (Wildman–Crippen MR) is 97.3 cm³/mol. The Hall–Kier alpha value is -1.62. The molecular formula is C16H9Br2F2NO4S. The summed E-state index contributed by atoms with van der Waals surface area (Å²) in [5.74, 6) is -2.94. The number of primary sulfonamides is 1. The molecule has 0 aliphatic carbocycles. The number of esters is 1. The molecule has 0 aromatic heterocycles. The number of hydrogen-bond donors (Lipinski definition) is 1. The first-order valence-electron chi connectivity index (χ1n) is 6.97. The third kappa shape index (κ3) is 3.46. The van der Waals surface area contributed by atoms with E-state index in [1.54, 1.807) is 18.2 Å². The Bertz CT molecular complexity index is 1080. The van der Waals surface area contributed by atoms with Gasteiger partial charge in [-0.3, -0.25) is 0 Å². The van der Waals surface area contributed by atoms with Crippen LogP contribution in [-0.4, -0.2) is 21.0 Å². The van der Waals surface area contributed by atoms with Crippen LogP contribution in [0.4, 0.5) is 8.78 Å². The highest BCUT2D eigenvalue weighted by molar-refractivity contribution is 9.13. The molecule has 2 N–H and O–H groups in total. The van der Waals surface area contributed by atoms with Gasteiger partial charge in [0.1, 0.15) is 23.1 Å². The maximum Gasteiger partial charge on any atom is 0.339 e. The van der Waals surface area contributed by atoms with Crippen LogP contribution >= 0.6 is 31.9 Å². The Morgan fingerprint density at radius 2 is 1.73 bits per heavy atom. The summed E-state index contributed by atoms with van der Waals surface area (Å²) in [6, 6.07) is 6.10. The Morgan fingerprint density at radius 3 is 2.35 bits per heavy atom. The standard InChI is InChI=1S/C16H9Br2F2NO4S/c17-10-2-1-7(3-11(10)18)15-9(6-25-16(15)22)8-4-13(20)14(5-12(8)19)26(21,23)24/h1-5H,6H2,(H2,21,23,24). The van der Waals surface area contributed by atoms with Crippen molar-refractivity contribution in [3.8, 4) is 0 Å². The molecule has 26 heavy (non-hydrogen) atoms. The van der Waals surface area contributed by atoms with E-state index in [9.17, 15) is 22.0 Å². The normalized spacial score (nSPS) is 14.7. The Kier molecular flexibility index (Phi) is 5.04. The van der Waals surface area contributed by atoms with Crippen LogP contribution in [0.5, 0.6) is 0 Å². The van der Waals surface area contributed by atoms with Gasteiger partial charge in [-0.15, -0.1) is 0 Å². The van der Waals surface area contributed by atoms with Crippen molar-refractivity contribution >= 4 is 59.0 Å². The number of halogens is 4. The van der Waals surface area contributed by atoms with Gasteiger partial charge in [0.15, 0.2) is 0 Å². The van der Waals surface area contributed by atoms with E-state index in [2.05, 4.69) is 31.9 Å². The first kappa shape index (κ1) is 19.2. The number of ether oxygens (including phenoxy) is 1. The minimum absolute atomic E-state index is 0.0693. The molecule has 136 valence electrons. The topological polar surface area (TPSA) is 86.5 Å². The van der Waals surface area contributed by atoms with E-state index in [1.165, 1.54) is 0 Å². The minimum atomic E-state index is -4.42. The molecule has 2 aromatic carbocycles. The quantitative estimate of drug-likeness (QED) is 0.642. The maximum atomic E-state index is 14.5. The van der Waals surface area contributed by atoms with Crippen molar-refractivity contribution in [2.24, 2.45) is 5.14 Å². The molecule has 0 spiro atoms. The second-order valence-corrected chi connectivity index (χ2v) is 8.60. The lowest BCUT2D eigenvalue weighted by atomic mass is 9.96. The Morgan fingerprint density at radius 1 is 1.04 bits per heavy atom. The fourth-order valence-corrected chi connectivity index (χ4v) is 3.76. The molecule has 2 aromatic rings. The van der Waals surface area contributed by atoms with Crippen LogP contribution in [0.1, 0.15) is 11.1 Å². The summed E-state index contributed by atoms with van der Waals surface area (Å²) in [5.41, 5.74) is 0.351. The highest BCUT2D eigenvalue weighted by atomic mass is 79.9. The predicted octanol–water partition coefficient (Wildman–Crippen LogP) is 3.60. The van der Waals surface area contributed by atoms with Gasteiger partial charge in [-0.25, -0.2) is 27.1 Å². The molecular weight excluding hydrogens is 500 g/mol. The number of cyclic esters (lactones) is 1. The maximum absolute atomic E-state index is 14.5. The number of hydrogen-bond acceptors (Lipinski definition) is 4. The minimum Gasteiger partial charge on any atom is -0.457 e. The fraction of sp³-hybridized carbons (Fsp3) is 0.0625. The van der Waals surface area contributed by atoms with E-state index in [1.807, 2.05) is 0 Å². The molecule has 0 saturated carbocycles. The zero-order valence-electron chi connectivity index (χ0n) is 12.7. The van der Waals surface area contributed by atoms with Crippen LogP contribution in [0, 0.1) is 11.6 Å².